The predicted molar refractivity (Wildman–Crippen MR) is 71.7 cm³/mol. The molecule has 3 N–H and O–H groups in total. The van der Waals surface area contributed by atoms with Crippen molar-refractivity contribution in [3.8, 4) is 0 Å². The number of anilines is 1. The minimum Gasteiger partial charge on any atom is -0.389 e. The second-order valence-electron chi connectivity index (χ2n) is 4.23. The van der Waals surface area contributed by atoms with E-state index in [4.69, 9.17) is 18.0 Å². The van der Waals surface area contributed by atoms with Crippen LogP contribution in [0.25, 0.3) is 0 Å². The van der Waals surface area contributed by atoms with Crippen LogP contribution in [0.4, 0.5) is 18.9 Å². The highest BCUT2D eigenvalue weighted by atomic mass is 79.9. The molecule has 0 bridgehead atoms. The zero-order valence-corrected chi connectivity index (χ0v) is 11.5. The molecule has 1 saturated carbocycles. The molecule has 0 spiro atoms. The van der Waals surface area contributed by atoms with Gasteiger partial charge in [0.25, 0.3) is 0 Å². The van der Waals surface area contributed by atoms with Crippen molar-refractivity contribution in [1.29, 1.82) is 0 Å². The first-order valence-corrected chi connectivity index (χ1v) is 6.40. The third-order valence-electron chi connectivity index (χ3n) is 2.93. The van der Waals surface area contributed by atoms with Gasteiger partial charge in [0, 0.05) is 15.7 Å². The molecule has 0 saturated heterocycles. The normalized spacial score (nSPS) is 17.3. The molecule has 2 nitrogen and oxygen atoms in total. The number of halogens is 4. The molecule has 1 aromatic carbocycles. The molecule has 1 aliphatic rings. The molecule has 0 unspecified atom stereocenters. The van der Waals surface area contributed by atoms with E-state index in [2.05, 4.69) is 21.2 Å². The van der Waals surface area contributed by atoms with Crippen molar-refractivity contribution in [2.45, 2.75) is 24.6 Å². The van der Waals surface area contributed by atoms with Gasteiger partial charge in [-0.15, -0.1) is 0 Å². The molecule has 0 radical (unpaired) electrons. The Morgan fingerprint density at radius 3 is 2.44 bits per heavy atom. The molecule has 2 rings (SSSR count). The standard InChI is InChI=1S/C11H10BrF3N2S/c12-6-2-1-3-7(8(6)9(16)18)17-10(4-5-10)11(13,14)15/h1-3,17H,4-5H2,(H2,16,18). The summed E-state index contributed by atoms with van der Waals surface area (Å²) in [5.41, 5.74) is 4.44. The van der Waals surface area contributed by atoms with Gasteiger partial charge in [0.2, 0.25) is 0 Å². The molecule has 98 valence electrons. The Morgan fingerprint density at radius 2 is 2.00 bits per heavy atom. The molecular formula is C11H10BrF3N2S. The fraction of sp³-hybridized carbons (Fsp3) is 0.364. The Hall–Kier alpha value is -0.820. The monoisotopic (exact) mass is 338 g/mol. The molecule has 1 aliphatic carbocycles. The van der Waals surface area contributed by atoms with E-state index in [9.17, 15) is 13.2 Å². The quantitative estimate of drug-likeness (QED) is 0.827. The minimum atomic E-state index is -4.27. The lowest BCUT2D eigenvalue weighted by atomic mass is 10.1. The van der Waals surface area contributed by atoms with Crippen LogP contribution in [0.3, 0.4) is 0 Å². The SMILES string of the molecule is NC(=S)c1c(Br)cccc1NC1(C(F)(F)F)CC1. The van der Waals surface area contributed by atoms with Crippen molar-refractivity contribution >= 4 is 38.8 Å². The highest BCUT2D eigenvalue weighted by molar-refractivity contribution is 9.10. The average Bonchev–Trinajstić information content (AvgIpc) is 2.97. The number of nitrogens with two attached hydrogens (primary N) is 1. The van der Waals surface area contributed by atoms with E-state index in [1.165, 1.54) is 0 Å². The summed E-state index contributed by atoms with van der Waals surface area (Å²) in [7, 11) is 0. The predicted octanol–water partition coefficient (Wildman–Crippen LogP) is 3.59. The largest absolute Gasteiger partial charge is 0.411 e. The fourth-order valence-corrected chi connectivity index (χ4v) is 2.67. The summed E-state index contributed by atoms with van der Waals surface area (Å²) in [6, 6.07) is 4.87. The van der Waals surface area contributed by atoms with Gasteiger partial charge >= 0.3 is 6.18 Å². The van der Waals surface area contributed by atoms with Gasteiger partial charge in [0.15, 0.2) is 0 Å². The Balaban J connectivity index is 2.36. The van der Waals surface area contributed by atoms with Gasteiger partial charge < -0.3 is 11.1 Å². The van der Waals surface area contributed by atoms with Crippen molar-refractivity contribution < 1.29 is 13.2 Å². The zero-order chi connectivity index (χ0) is 13.6. The Labute approximate surface area is 116 Å². The van der Waals surface area contributed by atoms with Crippen molar-refractivity contribution in [3.05, 3.63) is 28.2 Å². The number of hydrogen-bond acceptors (Lipinski definition) is 2. The minimum absolute atomic E-state index is 0.0583. The third-order valence-corrected chi connectivity index (χ3v) is 3.79. The molecule has 18 heavy (non-hydrogen) atoms. The first-order valence-electron chi connectivity index (χ1n) is 5.20. The Morgan fingerprint density at radius 1 is 1.39 bits per heavy atom. The van der Waals surface area contributed by atoms with E-state index in [-0.39, 0.29) is 17.8 Å². The van der Waals surface area contributed by atoms with E-state index < -0.39 is 11.7 Å². The molecule has 0 amide bonds. The molecule has 7 heteroatoms. The second kappa shape index (κ2) is 4.38. The van der Waals surface area contributed by atoms with Crippen LogP contribution in [-0.4, -0.2) is 16.7 Å². The highest BCUT2D eigenvalue weighted by Crippen LogP contribution is 2.51. The number of rotatable bonds is 3. The summed E-state index contributed by atoms with van der Waals surface area (Å²) in [6.45, 7) is 0. The molecule has 1 aromatic rings. The zero-order valence-electron chi connectivity index (χ0n) is 9.14. The summed E-state index contributed by atoms with van der Waals surface area (Å²) in [4.78, 5) is 0.0583. The second-order valence-corrected chi connectivity index (χ2v) is 5.53. The molecule has 1 fully saturated rings. The molecule has 0 aromatic heterocycles. The van der Waals surface area contributed by atoms with Gasteiger partial charge in [0.05, 0.1) is 0 Å². The maximum atomic E-state index is 12.9. The van der Waals surface area contributed by atoms with Crippen LogP contribution in [-0.2, 0) is 0 Å². The summed E-state index contributed by atoms with van der Waals surface area (Å²) >= 11 is 8.10. The van der Waals surface area contributed by atoms with Crippen LogP contribution >= 0.6 is 28.1 Å². The van der Waals surface area contributed by atoms with Crippen molar-refractivity contribution in [1.82, 2.24) is 0 Å². The van der Waals surface area contributed by atoms with Crippen LogP contribution in [0.5, 0.6) is 0 Å². The van der Waals surface area contributed by atoms with Gasteiger partial charge in [-0.3, -0.25) is 0 Å². The lowest BCUT2D eigenvalue weighted by Crippen LogP contribution is -2.39. The Kier molecular flexibility index (Phi) is 3.31. The van der Waals surface area contributed by atoms with E-state index in [0.717, 1.165) is 0 Å². The number of benzene rings is 1. The van der Waals surface area contributed by atoms with E-state index in [1.807, 2.05) is 0 Å². The maximum absolute atomic E-state index is 12.9. The average molecular weight is 339 g/mol. The van der Waals surface area contributed by atoms with Crippen LogP contribution in [0.1, 0.15) is 18.4 Å². The first kappa shape index (κ1) is 13.6. The maximum Gasteiger partial charge on any atom is 0.411 e. The van der Waals surface area contributed by atoms with Gasteiger partial charge in [0.1, 0.15) is 10.5 Å². The van der Waals surface area contributed by atoms with Gasteiger partial charge in [-0.05, 0) is 40.9 Å². The number of hydrogen-bond donors (Lipinski definition) is 2. The number of alkyl halides is 3. The van der Waals surface area contributed by atoms with Gasteiger partial charge in [-0.1, -0.05) is 18.3 Å². The smallest absolute Gasteiger partial charge is 0.389 e. The summed E-state index contributed by atoms with van der Waals surface area (Å²) < 4.78 is 39.2. The van der Waals surface area contributed by atoms with E-state index in [1.54, 1.807) is 18.2 Å². The van der Waals surface area contributed by atoms with Gasteiger partial charge in [-0.2, -0.15) is 13.2 Å². The Bertz CT molecular complexity index is 498. The molecule has 0 aliphatic heterocycles. The summed E-state index contributed by atoms with van der Waals surface area (Å²) in [5.74, 6) is 0. The third kappa shape index (κ3) is 2.33. The fourth-order valence-electron chi connectivity index (χ4n) is 1.74. The lowest BCUT2D eigenvalue weighted by molar-refractivity contribution is -0.151. The molecule has 0 atom stereocenters. The number of thiocarbonyl (C=S) groups is 1. The molecule has 0 heterocycles. The lowest BCUT2D eigenvalue weighted by Gasteiger charge is -2.23. The van der Waals surface area contributed by atoms with E-state index in [0.29, 0.717) is 15.7 Å². The highest BCUT2D eigenvalue weighted by Gasteiger charge is 2.63. The van der Waals surface area contributed by atoms with E-state index >= 15 is 0 Å². The topological polar surface area (TPSA) is 38.0 Å². The van der Waals surface area contributed by atoms with Crippen LogP contribution < -0.4 is 11.1 Å². The van der Waals surface area contributed by atoms with Crippen molar-refractivity contribution in [2.75, 3.05) is 5.32 Å². The van der Waals surface area contributed by atoms with Crippen molar-refractivity contribution in [3.63, 3.8) is 0 Å². The van der Waals surface area contributed by atoms with Gasteiger partial charge in [-0.25, -0.2) is 0 Å². The first-order chi connectivity index (χ1) is 8.27. The van der Waals surface area contributed by atoms with Crippen LogP contribution in [0.15, 0.2) is 22.7 Å². The van der Waals surface area contributed by atoms with Crippen molar-refractivity contribution in [2.24, 2.45) is 5.73 Å². The van der Waals surface area contributed by atoms with Crippen LogP contribution in [0, 0.1) is 0 Å². The number of nitrogens with one attached hydrogen (secondary N) is 1. The summed E-state index contributed by atoms with van der Waals surface area (Å²) in [6.07, 6.45) is -4.14. The summed E-state index contributed by atoms with van der Waals surface area (Å²) in [5, 5.41) is 2.54. The van der Waals surface area contributed by atoms with Crippen LogP contribution in [0.2, 0.25) is 0 Å². The molecular weight excluding hydrogens is 329 g/mol.